The molecule has 5 nitrogen and oxygen atoms in total. The summed E-state index contributed by atoms with van der Waals surface area (Å²) in [7, 11) is 0. The number of carbonyl (C=O) groups excluding carboxylic acids is 1. The molecule has 28 heavy (non-hydrogen) atoms. The molecule has 5 rings (SSSR count). The summed E-state index contributed by atoms with van der Waals surface area (Å²) in [4.78, 5) is 17.4. The Labute approximate surface area is 160 Å². The molecular weight excluding hydrogens is 357 g/mol. The number of anilines is 1. The highest BCUT2D eigenvalue weighted by atomic mass is 19.1. The zero-order chi connectivity index (χ0) is 19.1. The molecule has 1 fully saturated rings. The molecule has 0 unspecified atom stereocenters. The van der Waals surface area contributed by atoms with Crippen LogP contribution in [0.4, 0.5) is 10.1 Å². The van der Waals surface area contributed by atoms with Gasteiger partial charge in [-0.1, -0.05) is 35.5 Å². The quantitative estimate of drug-likeness (QED) is 0.563. The second-order valence-corrected chi connectivity index (χ2v) is 6.97. The van der Waals surface area contributed by atoms with Gasteiger partial charge in [-0.2, -0.15) is 0 Å². The van der Waals surface area contributed by atoms with Crippen LogP contribution in [0.15, 0.2) is 71.4 Å². The van der Waals surface area contributed by atoms with E-state index in [1.807, 2.05) is 30.3 Å². The van der Waals surface area contributed by atoms with Crippen LogP contribution in [0.5, 0.6) is 0 Å². The first-order chi connectivity index (χ1) is 13.7. The van der Waals surface area contributed by atoms with Crippen molar-refractivity contribution in [2.24, 2.45) is 0 Å². The van der Waals surface area contributed by atoms with Gasteiger partial charge >= 0.3 is 0 Å². The summed E-state index contributed by atoms with van der Waals surface area (Å²) in [5, 5.41) is 8.02. The van der Waals surface area contributed by atoms with E-state index in [1.165, 1.54) is 6.07 Å². The Balaban J connectivity index is 1.45. The summed E-state index contributed by atoms with van der Waals surface area (Å²) < 4.78 is 19.4. The Morgan fingerprint density at radius 2 is 1.89 bits per heavy atom. The molecule has 0 bridgehead atoms. The van der Waals surface area contributed by atoms with Crippen molar-refractivity contribution in [3.05, 3.63) is 78.4 Å². The molecular formula is C22H16FN3O2. The normalized spacial score (nSPS) is 14.8. The number of para-hydroxylation sites is 1. The van der Waals surface area contributed by atoms with Crippen molar-refractivity contribution in [2.75, 3.05) is 5.32 Å². The zero-order valence-electron chi connectivity index (χ0n) is 14.9. The average Bonchev–Trinajstić information content (AvgIpc) is 3.39. The summed E-state index contributed by atoms with van der Waals surface area (Å²) >= 11 is 0. The Kier molecular flexibility index (Phi) is 3.72. The van der Waals surface area contributed by atoms with Crippen LogP contribution in [-0.4, -0.2) is 16.0 Å². The van der Waals surface area contributed by atoms with Gasteiger partial charge in [-0.3, -0.25) is 9.78 Å². The number of halogens is 1. The average molecular weight is 373 g/mol. The number of fused-ring (bicyclic) bond motifs is 1. The van der Waals surface area contributed by atoms with E-state index in [2.05, 4.69) is 15.5 Å². The minimum Gasteiger partial charge on any atom is -0.356 e. The molecule has 2 aromatic heterocycles. The largest absolute Gasteiger partial charge is 0.356 e. The van der Waals surface area contributed by atoms with Crippen LogP contribution in [0.3, 0.4) is 0 Å². The number of nitrogens with zero attached hydrogens (tertiary/aromatic N) is 2. The summed E-state index contributed by atoms with van der Waals surface area (Å²) in [6.45, 7) is 0. The number of benzene rings is 2. The Bertz CT molecular complexity index is 1190. The number of aromatic nitrogens is 2. The molecule has 1 N–H and O–H groups in total. The smallest absolute Gasteiger partial charge is 0.236 e. The van der Waals surface area contributed by atoms with Crippen LogP contribution in [0.25, 0.3) is 22.2 Å². The van der Waals surface area contributed by atoms with Gasteiger partial charge in [-0.05, 0) is 37.1 Å². The number of nitrogens with one attached hydrogen (secondary N) is 1. The van der Waals surface area contributed by atoms with E-state index in [1.54, 1.807) is 30.5 Å². The maximum Gasteiger partial charge on any atom is 0.236 e. The Morgan fingerprint density at radius 1 is 1.07 bits per heavy atom. The third kappa shape index (κ3) is 2.65. The second kappa shape index (κ2) is 6.27. The lowest BCUT2D eigenvalue weighted by molar-refractivity contribution is -0.118. The number of carbonyl (C=O) groups is 1. The molecule has 0 saturated heterocycles. The molecule has 2 aromatic carbocycles. The van der Waals surface area contributed by atoms with Crippen molar-refractivity contribution in [3.8, 4) is 11.3 Å². The molecule has 0 atom stereocenters. The highest BCUT2D eigenvalue weighted by Gasteiger charge is 2.54. The standard InChI is InChI=1S/C22H16FN3O2/c23-16-8-2-1-7-15(16)18-13-19(26-28-18)22(10-11-22)21(27)25-17-9-3-5-14-6-4-12-24-20(14)17/h1-9,12-13H,10-11H2,(H,25,27). The first-order valence-corrected chi connectivity index (χ1v) is 9.05. The molecule has 4 aromatic rings. The van der Waals surface area contributed by atoms with Gasteiger partial charge < -0.3 is 9.84 Å². The van der Waals surface area contributed by atoms with Gasteiger partial charge in [0.2, 0.25) is 5.91 Å². The van der Waals surface area contributed by atoms with Crippen molar-refractivity contribution in [1.82, 2.24) is 10.1 Å². The molecule has 138 valence electrons. The monoisotopic (exact) mass is 373 g/mol. The fraction of sp³-hybridized carbons (Fsp3) is 0.136. The fourth-order valence-corrected chi connectivity index (χ4v) is 3.46. The van der Waals surface area contributed by atoms with Crippen LogP contribution in [0.1, 0.15) is 18.5 Å². The summed E-state index contributed by atoms with van der Waals surface area (Å²) in [5.41, 5.74) is 1.50. The summed E-state index contributed by atoms with van der Waals surface area (Å²) in [6.07, 6.45) is 3.03. The van der Waals surface area contributed by atoms with Crippen LogP contribution < -0.4 is 5.32 Å². The highest BCUT2D eigenvalue weighted by Crippen LogP contribution is 2.49. The van der Waals surface area contributed by atoms with Crippen molar-refractivity contribution >= 4 is 22.5 Å². The van der Waals surface area contributed by atoms with Crippen molar-refractivity contribution in [3.63, 3.8) is 0 Å². The number of hydrogen-bond donors (Lipinski definition) is 1. The van der Waals surface area contributed by atoms with Gasteiger partial charge in [0.05, 0.1) is 27.9 Å². The van der Waals surface area contributed by atoms with Gasteiger partial charge in [0.25, 0.3) is 0 Å². The SMILES string of the molecule is O=C(Nc1cccc2cccnc12)C1(c2cc(-c3ccccc3F)on2)CC1. The second-order valence-electron chi connectivity index (χ2n) is 6.97. The summed E-state index contributed by atoms with van der Waals surface area (Å²) in [6, 6.07) is 17.5. The predicted molar refractivity (Wildman–Crippen MR) is 103 cm³/mol. The van der Waals surface area contributed by atoms with Crippen LogP contribution in [-0.2, 0) is 10.2 Å². The van der Waals surface area contributed by atoms with Crippen LogP contribution >= 0.6 is 0 Å². The number of amides is 1. The first kappa shape index (κ1) is 16.6. The third-order valence-electron chi connectivity index (χ3n) is 5.21. The lowest BCUT2D eigenvalue weighted by atomic mass is 10.00. The van der Waals surface area contributed by atoms with E-state index in [-0.39, 0.29) is 11.7 Å². The van der Waals surface area contributed by atoms with Gasteiger partial charge in [0.1, 0.15) is 5.82 Å². The van der Waals surface area contributed by atoms with Crippen molar-refractivity contribution in [2.45, 2.75) is 18.3 Å². The Hall–Kier alpha value is -3.54. The van der Waals surface area contributed by atoms with Crippen LogP contribution in [0, 0.1) is 5.82 Å². The molecule has 2 heterocycles. The maximum atomic E-state index is 14.0. The van der Waals surface area contributed by atoms with E-state index >= 15 is 0 Å². The van der Waals surface area contributed by atoms with E-state index in [4.69, 9.17) is 4.52 Å². The topological polar surface area (TPSA) is 68.0 Å². The zero-order valence-corrected chi connectivity index (χ0v) is 14.9. The number of hydrogen-bond acceptors (Lipinski definition) is 4. The van der Waals surface area contributed by atoms with Crippen molar-refractivity contribution < 1.29 is 13.7 Å². The molecule has 0 aliphatic heterocycles. The van der Waals surface area contributed by atoms with E-state index < -0.39 is 5.41 Å². The minimum atomic E-state index is -0.746. The van der Waals surface area contributed by atoms with Crippen LogP contribution in [0.2, 0.25) is 0 Å². The molecule has 1 aliphatic carbocycles. The maximum absolute atomic E-state index is 14.0. The number of pyridine rings is 1. The number of rotatable bonds is 4. The van der Waals surface area contributed by atoms with Gasteiger partial charge in [-0.25, -0.2) is 4.39 Å². The molecule has 6 heteroatoms. The molecule has 0 spiro atoms. The third-order valence-corrected chi connectivity index (χ3v) is 5.21. The molecule has 1 aliphatic rings. The van der Waals surface area contributed by atoms with Gasteiger partial charge in [-0.15, -0.1) is 0 Å². The molecule has 1 saturated carbocycles. The molecule has 0 radical (unpaired) electrons. The lowest BCUT2D eigenvalue weighted by Gasteiger charge is -2.13. The van der Waals surface area contributed by atoms with Gasteiger partial charge in [0, 0.05) is 17.6 Å². The minimum absolute atomic E-state index is 0.154. The molecule has 1 amide bonds. The van der Waals surface area contributed by atoms with E-state index in [0.717, 1.165) is 10.9 Å². The van der Waals surface area contributed by atoms with E-state index in [0.29, 0.717) is 35.5 Å². The predicted octanol–water partition coefficient (Wildman–Crippen LogP) is 4.70. The van der Waals surface area contributed by atoms with Crippen molar-refractivity contribution in [1.29, 1.82) is 0 Å². The van der Waals surface area contributed by atoms with Gasteiger partial charge in [0.15, 0.2) is 5.76 Å². The highest BCUT2D eigenvalue weighted by molar-refractivity contribution is 6.06. The lowest BCUT2D eigenvalue weighted by Crippen LogP contribution is -2.28. The summed E-state index contributed by atoms with van der Waals surface area (Å²) in [5.74, 6) is -0.223. The fourth-order valence-electron chi connectivity index (χ4n) is 3.46. The first-order valence-electron chi connectivity index (χ1n) is 9.05. The van der Waals surface area contributed by atoms with E-state index in [9.17, 15) is 9.18 Å². The Morgan fingerprint density at radius 3 is 2.71 bits per heavy atom.